The van der Waals surface area contributed by atoms with Gasteiger partial charge in [-0.3, -0.25) is 14.9 Å². The molecule has 10 nitrogen and oxygen atoms in total. The van der Waals surface area contributed by atoms with Gasteiger partial charge in [0.15, 0.2) is 0 Å². The van der Waals surface area contributed by atoms with Gasteiger partial charge in [-0.1, -0.05) is 17.4 Å². The molecule has 0 aliphatic carbocycles. The maximum atomic E-state index is 12.7. The maximum absolute atomic E-state index is 12.7. The molecule has 1 aromatic heterocycles. The van der Waals surface area contributed by atoms with Crippen LogP contribution in [0.25, 0.3) is 0 Å². The first-order chi connectivity index (χ1) is 15.6. The number of aromatic nitrogens is 2. The van der Waals surface area contributed by atoms with Gasteiger partial charge >= 0.3 is 11.9 Å². The summed E-state index contributed by atoms with van der Waals surface area (Å²) in [4.78, 5) is 48.3. The smallest absolute Gasteiger partial charge is 0.336 e. The number of benzene rings is 2. The van der Waals surface area contributed by atoms with E-state index in [4.69, 9.17) is 5.11 Å². The van der Waals surface area contributed by atoms with E-state index in [-0.39, 0.29) is 17.0 Å². The maximum Gasteiger partial charge on any atom is 0.336 e. The van der Waals surface area contributed by atoms with Crippen molar-refractivity contribution in [2.45, 2.75) is 24.0 Å². The van der Waals surface area contributed by atoms with Crippen LogP contribution in [0.1, 0.15) is 43.0 Å². The predicted molar refractivity (Wildman–Crippen MR) is 123 cm³/mol. The SMILES string of the molecule is Cc1nnc(NC(=O)C(C)Sc2cccc(NC(=O)c3ccc(C(=O)O)cc3C(=O)O)c2)s1. The van der Waals surface area contributed by atoms with Crippen molar-refractivity contribution in [3.63, 3.8) is 0 Å². The Bertz CT molecular complexity index is 1240. The van der Waals surface area contributed by atoms with Crippen LogP contribution in [0.15, 0.2) is 47.4 Å². The van der Waals surface area contributed by atoms with E-state index in [1.807, 2.05) is 0 Å². The van der Waals surface area contributed by atoms with Crippen molar-refractivity contribution in [3.05, 3.63) is 64.2 Å². The zero-order chi connectivity index (χ0) is 24.1. The molecule has 0 fully saturated rings. The molecular formula is C21H18N4O6S2. The number of hydrogen-bond donors (Lipinski definition) is 4. The van der Waals surface area contributed by atoms with Gasteiger partial charge < -0.3 is 15.5 Å². The van der Waals surface area contributed by atoms with Crippen LogP contribution < -0.4 is 10.6 Å². The number of carbonyl (C=O) groups is 4. The number of anilines is 2. The first-order valence-corrected chi connectivity index (χ1v) is 11.1. The molecule has 0 saturated heterocycles. The predicted octanol–water partition coefficient (Wildman–Crippen LogP) is 3.61. The first kappa shape index (κ1) is 23.9. The molecule has 170 valence electrons. The van der Waals surface area contributed by atoms with Crippen LogP contribution >= 0.6 is 23.1 Å². The lowest BCUT2D eigenvalue weighted by Gasteiger charge is -2.12. The van der Waals surface area contributed by atoms with Crippen molar-refractivity contribution in [2.75, 3.05) is 10.6 Å². The molecular weight excluding hydrogens is 468 g/mol. The molecule has 1 unspecified atom stereocenters. The second-order valence-corrected chi connectivity index (χ2v) is 9.32. The minimum atomic E-state index is -1.42. The molecule has 12 heteroatoms. The van der Waals surface area contributed by atoms with E-state index in [9.17, 15) is 24.3 Å². The summed E-state index contributed by atoms with van der Waals surface area (Å²) in [5, 5.41) is 32.1. The molecule has 3 rings (SSSR count). The Balaban J connectivity index is 1.71. The molecule has 3 aromatic rings. The summed E-state index contributed by atoms with van der Waals surface area (Å²) in [7, 11) is 0. The third kappa shape index (κ3) is 6.14. The molecule has 1 heterocycles. The van der Waals surface area contributed by atoms with Gasteiger partial charge in [-0.05, 0) is 50.2 Å². The fraction of sp³-hybridized carbons (Fsp3) is 0.143. The zero-order valence-electron chi connectivity index (χ0n) is 17.4. The quantitative estimate of drug-likeness (QED) is 0.349. The number of nitrogens with one attached hydrogen (secondary N) is 2. The van der Waals surface area contributed by atoms with Crippen molar-refractivity contribution in [1.29, 1.82) is 0 Å². The van der Waals surface area contributed by atoms with E-state index in [1.54, 1.807) is 38.1 Å². The molecule has 0 aliphatic rings. The Morgan fingerprint density at radius 3 is 2.36 bits per heavy atom. The molecule has 0 aliphatic heterocycles. The molecule has 0 saturated carbocycles. The molecule has 0 radical (unpaired) electrons. The molecule has 2 amide bonds. The van der Waals surface area contributed by atoms with Crippen molar-refractivity contribution in [1.82, 2.24) is 10.2 Å². The van der Waals surface area contributed by atoms with Gasteiger partial charge in [0, 0.05) is 10.6 Å². The van der Waals surface area contributed by atoms with E-state index in [0.29, 0.717) is 15.7 Å². The summed E-state index contributed by atoms with van der Waals surface area (Å²) in [6, 6.07) is 9.96. The molecule has 2 aromatic carbocycles. The number of hydrogen-bond acceptors (Lipinski definition) is 8. The van der Waals surface area contributed by atoms with E-state index in [0.717, 1.165) is 23.2 Å². The molecule has 1 atom stereocenters. The van der Waals surface area contributed by atoms with Crippen molar-refractivity contribution >= 4 is 57.7 Å². The van der Waals surface area contributed by atoms with Crippen LogP contribution in [-0.2, 0) is 4.79 Å². The Hall–Kier alpha value is -3.77. The third-order valence-electron chi connectivity index (χ3n) is 4.27. The average molecular weight is 487 g/mol. The van der Waals surface area contributed by atoms with Crippen LogP contribution in [0.3, 0.4) is 0 Å². The number of thioether (sulfide) groups is 1. The number of carboxylic acid groups (broad SMARTS) is 2. The lowest BCUT2D eigenvalue weighted by molar-refractivity contribution is -0.115. The highest BCUT2D eigenvalue weighted by atomic mass is 32.2. The number of amides is 2. The average Bonchev–Trinajstić information content (AvgIpc) is 3.17. The van der Waals surface area contributed by atoms with Crippen LogP contribution in [0.5, 0.6) is 0 Å². The van der Waals surface area contributed by atoms with Crippen molar-refractivity contribution in [3.8, 4) is 0 Å². The van der Waals surface area contributed by atoms with Crippen molar-refractivity contribution in [2.24, 2.45) is 0 Å². The number of aryl methyl sites for hydroxylation is 1. The standard InChI is InChI=1S/C21H18N4O6S2/c1-10(17(26)23-21-25-24-11(2)33-21)32-14-5-3-4-13(9-14)22-18(27)15-7-6-12(19(28)29)8-16(15)20(30)31/h3-10H,1-2H3,(H,22,27)(H,28,29)(H,30,31)(H,23,25,26). The Labute approximate surface area is 196 Å². The Kier molecular flexibility index (Phi) is 7.41. The van der Waals surface area contributed by atoms with E-state index in [1.165, 1.54) is 23.1 Å². The summed E-state index contributed by atoms with van der Waals surface area (Å²) in [5.74, 6) is -3.68. The van der Waals surface area contributed by atoms with Gasteiger partial charge in [0.05, 0.1) is 21.9 Å². The summed E-state index contributed by atoms with van der Waals surface area (Å²) in [5.41, 5.74) is -0.449. The minimum Gasteiger partial charge on any atom is -0.478 e. The number of aromatic carboxylic acids is 2. The summed E-state index contributed by atoms with van der Waals surface area (Å²) in [6.45, 7) is 3.51. The highest BCUT2D eigenvalue weighted by molar-refractivity contribution is 8.00. The normalized spacial score (nSPS) is 11.5. The molecule has 33 heavy (non-hydrogen) atoms. The third-order valence-corrected chi connectivity index (χ3v) is 6.12. The van der Waals surface area contributed by atoms with E-state index < -0.39 is 28.7 Å². The van der Waals surface area contributed by atoms with Gasteiger partial charge in [0.25, 0.3) is 5.91 Å². The number of carbonyl (C=O) groups excluding carboxylic acids is 2. The second kappa shape index (κ2) is 10.2. The second-order valence-electron chi connectivity index (χ2n) is 6.73. The molecule has 0 bridgehead atoms. The summed E-state index contributed by atoms with van der Waals surface area (Å²) < 4.78 is 0. The number of nitrogens with zero attached hydrogens (tertiary/aromatic N) is 2. The highest BCUT2D eigenvalue weighted by Gasteiger charge is 2.20. The minimum absolute atomic E-state index is 0.175. The first-order valence-electron chi connectivity index (χ1n) is 9.43. The van der Waals surface area contributed by atoms with E-state index >= 15 is 0 Å². The van der Waals surface area contributed by atoms with Crippen LogP contribution in [0, 0.1) is 6.92 Å². The monoisotopic (exact) mass is 486 g/mol. The highest BCUT2D eigenvalue weighted by Crippen LogP contribution is 2.27. The largest absolute Gasteiger partial charge is 0.478 e. The van der Waals surface area contributed by atoms with Gasteiger partial charge in [0.1, 0.15) is 5.01 Å². The van der Waals surface area contributed by atoms with E-state index in [2.05, 4.69) is 20.8 Å². The van der Waals surface area contributed by atoms with Gasteiger partial charge in [0.2, 0.25) is 11.0 Å². The fourth-order valence-electron chi connectivity index (χ4n) is 2.71. The lowest BCUT2D eigenvalue weighted by Crippen LogP contribution is -2.22. The van der Waals surface area contributed by atoms with Crippen LogP contribution in [0.4, 0.5) is 10.8 Å². The van der Waals surface area contributed by atoms with Crippen LogP contribution in [0.2, 0.25) is 0 Å². The topological polar surface area (TPSA) is 159 Å². The molecule has 0 spiro atoms. The van der Waals surface area contributed by atoms with Crippen molar-refractivity contribution < 1.29 is 29.4 Å². The Morgan fingerprint density at radius 2 is 1.73 bits per heavy atom. The van der Waals surface area contributed by atoms with Crippen LogP contribution in [-0.4, -0.2) is 49.4 Å². The number of carboxylic acids is 2. The van der Waals surface area contributed by atoms with Gasteiger partial charge in [-0.25, -0.2) is 9.59 Å². The summed E-state index contributed by atoms with van der Waals surface area (Å²) in [6.07, 6.45) is 0. The zero-order valence-corrected chi connectivity index (χ0v) is 19.0. The molecule has 4 N–H and O–H groups in total. The number of rotatable bonds is 8. The summed E-state index contributed by atoms with van der Waals surface area (Å²) >= 11 is 2.53. The Morgan fingerprint density at radius 1 is 0.970 bits per heavy atom. The lowest BCUT2D eigenvalue weighted by atomic mass is 10.0. The van der Waals surface area contributed by atoms with Gasteiger partial charge in [-0.2, -0.15) is 0 Å². The van der Waals surface area contributed by atoms with Gasteiger partial charge in [-0.15, -0.1) is 22.0 Å². The fourth-order valence-corrected chi connectivity index (χ4v) is 4.23.